The minimum Gasteiger partial charge on any atom is -0.444 e. The molecule has 0 N–H and O–H groups in total. The number of nitrogens with zero attached hydrogens (tertiary/aromatic N) is 2. The molecule has 0 saturated carbocycles. The molecule has 2 rings (SSSR count). The third kappa shape index (κ3) is 7.44. The van der Waals surface area contributed by atoms with Crippen LogP contribution in [0.25, 0.3) is 0 Å². The fourth-order valence-electron chi connectivity index (χ4n) is 3.83. The van der Waals surface area contributed by atoms with Crippen LogP contribution in [-0.4, -0.2) is 85.7 Å². The molecule has 0 spiro atoms. The third-order valence-corrected chi connectivity index (χ3v) is 7.02. The first-order valence-electron chi connectivity index (χ1n) is 10.6. The van der Waals surface area contributed by atoms with E-state index in [1.165, 1.54) is 0 Å². The Hall–Kier alpha value is -1.35. The van der Waals surface area contributed by atoms with Crippen LogP contribution < -0.4 is 0 Å². The Balaban J connectivity index is 2.00. The number of hydrogen-bond donors (Lipinski definition) is 0. The van der Waals surface area contributed by atoms with Gasteiger partial charge < -0.3 is 19.3 Å². The van der Waals surface area contributed by atoms with Crippen molar-refractivity contribution in [1.82, 2.24) is 9.80 Å². The molecule has 0 unspecified atom stereocenters. The van der Waals surface area contributed by atoms with Gasteiger partial charge in [-0.25, -0.2) is 13.2 Å². The van der Waals surface area contributed by atoms with E-state index in [9.17, 15) is 18.0 Å². The van der Waals surface area contributed by atoms with Crippen LogP contribution in [0.3, 0.4) is 0 Å². The number of carbonyl (C=O) groups is 2. The van der Waals surface area contributed by atoms with E-state index < -0.39 is 15.4 Å². The highest BCUT2D eigenvalue weighted by Crippen LogP contribution is 2.26. The Morgan fingerprint density at radius 2 is 1.76 bits per heavy atom. The minimum atomic E-state index is -3.11. The van der Waals surface area contributed by atoms with E-state index in [2.05, 4.69) is 6.92 Å². The maximum absolute atomic E-state index is 12.9. The highest BCUT2D eigenvalue weighted by molar-refractivity contribution is 7.91. The van der Waals surface area contributed by atoms with Crippen LogP contribution in [0, 0.1) is 0 Å². The Kier molecular flexibility index (Phi) is 8.34. The van der Waals surface area contributed by atoms with Crippen molar-refractivity contribution in [3.63, 3.8) is 0 Å². The summed E-state index contributed by atoms with van der Waals surface area (Å²) in [4.78, 5) is 28.6. The van der Waals surface area contributed by atoms with Gasteiger partial charge in [-0.2, -0.15) is 0 Å². The monoisotopic (exact) mass is 432 g/mol. The van der Waals surface area contributed by atoms with Gasteiger partial charge >= 0.3 is 6.09 Å². The Morgan fingerprint density at radius 3 is 2.28 bits per heavy atom. The molecular formula is C20H36N2O6S. The van der Waals surface area contributed by atoms with E-state index in [-0.39, 0.29) is 42.2 Å². The number of unbranched alkanes of at least 4 members (excludes halogenated alkanes) is 1. The highest BCUT2D eigenvalue weighted by Gasteiger charge is 2.40. The lowest BCUT2D eigenvalue weighted by atomic mass is 10.0. The van der Waals surface area contributed by atoms with E-state index in [0.29, 0.717) is 39.0 Å². The topological polar surface area (TPSA) is 93.2 Å². The summed E-state index contributed by atoms with van der Waals surface area (Å²) in [5, 5.41) is 0. The van der Waals surface area contributed by atoms with Gasteiger partial charge in [-0.15, -0.1) is 0 Å². The summed E-state index contributed by atoms with van der Waals surface area (Å²) >= 11 is 0. The van der Waals surface area contributed by atoms with E-state index in [1.807, 2.05) is 20.8 Å². The van der Waals surface area contributed by atoms with Gasteiger partial charge in [0, 0.05) is 31.8 Å². The van der Waals surface area contributed by atoms with Gasteiger partial charge in [0.05, 0.1) is 11.5 Å². The van der Waals surface area contributed by atoms with Crippen LogP contribution in [-0.2, 0) is 24.1 Å². The number of sulfone groups is 1. The summed E-state index contributed by atoms with van der Waals surface area (Å²) < 4.78 is 34.9. The summed E-state index contributed by atoms with van der Waals surface area (Å²) in [6.45, 7) is 9.02. The second kappa shape index (κ2) is 10.1. The number of piperidine rings is 1. The van der Waals surface area contributed by atoms with Gasteiger partial charge in [-0.05, 0) is 46.5 Å². The molecule has 1 atom stereocenters. The zero-order chi connectivity index (χ0) is 21.7. The number of ether oxygens (including phenoxy) is 2. The molecule has 0 aromatic rings. The zero-order valence-corrected chi connectivity index (χ0v) is 19.0. The standard InChI is InChI=1S/C20H36N2O6S/c1-5-6-12-27-14-18(23)22(17-9-13-29(25,26)15-17)16-7-10-21(11-8-16)19(24)28-20(2,3)4/h16-17H,5-15H2,1-4H3/t17-/m0/s1. The van der Waals surface area contributed by atoms with Gasteiger partial charge in [-0.1, -0.05) is 13.3 Å². The third-order valence-electron chi connectivity index (χ3n) is 5.27. The Bertz CT molecular complexity index is 665. The lowest BCUT2D eigenvalue weighted by Crippen LogP contribution is -2.54. The molecule has 8 nitrogen and oxygen atoms in total. The molecule has 29 heavy (non-hydrogen) atoms. The quantitative estimate of drug-likeness (QED) is 0.573. The van der Waals surface area contributed by atoms with Crippen molar-refractivity contribution in [2.45, 2.75) is 77.5 Å². The lowest BCUT2D eigenvalue weighted by Gasteiger charge is -2.41. The predicted molar refractivity (Wildman–Crippen MR) is 110 cm³/mol. The van der Waals surface area contributed by atoms with Crippen LogP contribution in [0.15, 0.2) is 0 Å². The van der Waals surface area contributed by atoms with Crippen LogP contribution >= 0.6 is 0 Å². The highest BCUT2D eigenvalue weighted by atomic mass is 32.2. The Labute approximate surface area is 174 Å². The summed E-state index contributed by atoms with van der Waals surface area (Å²) in [7, 11) is -3.11. The largest absolute Gasteiger partial charge is 0.444 e. The predicted octanol–water partition coefficient (Wildman–Crippen LogP) is 2.22. The molecule has 2 aliphatic rings. The maximum Gasteiger partial charge on any atom is 0.410 e. The Morgan fingerprint density at radius 1 is 1.10 bits per heavy atom. The summed E-state index contributed by atoms with van der Waals surface area (Å²) in [5.74, 6) is -0.0200. The van der Waals surface area contributed by atoms with Gasteiger partial charge in [0.25, 0.3) is 0 Å². The fraction of sp³-hybridized carbons (Fsp3) is 0.900. The average molecular weight is 433 g/mol. The summed E-state index contributed by atoms with van der Waals surface area (Å²) in [6.07, 6.45) is 3.21. The van der Waals surface area contributed by atoms with E-state index in [1.54, 1.807) is 9.80 Å². The van der Waals surface area contributed by atoms with Gasteiger partial charge in [0.15, 0.2) is 9.84 Å². The first-order valence-corrected chi connectivity index (χ1v) is 12.4. The second-order valence-electron chi connectivity index (χ2n) is 8.96. The van der Waals surface area contributed by atoms with Crippen LogP contribution in [0.5, 0.6) is 0 Å². The number of amides is 2. The molecule has 0 radical (unpaired) electrons. The number of rotatable bonds is 7. The van der Waals surface area contributed by atoms with Gasteiger partial charge in [0.1, 0.15) is 12.2 Å². The fourth-order valence-corrected chi connectivity index (χ4v) is 5.55. The number of carbonyl (C=O) groups excluding carboxylic acids is 2. The number of likely N-dealkylation sites (tertiary alicyclic amines) is 1. The normalized spacial score (nSPS) is 22.5. The van der Waals surface area contributed by atoms with Crippen LogP contribution in [0.4, 0.5) is 4.79 Å². The van der Waals surface area contributed by atoms with Crippen molar-refractivity contribution in [3.05, 3.63) is 0 Å². The minimum absolute atomic E-state index is 0.0139. The van der Waals surface area contributed by atoms with Crippen LogP contribution in [0.1, 0.15) is 59.8 Å². The van der Waals surface area contributed by atoms with Crippen molar-refractivity contribution in [2.75, 3.05) is 37.8 Å². The van der Waals surface area contributed by atoms with Crippen molar-refractivity contribution in [3.8, 4) is 0 Å². The second-order valence-corrected chi connectivity index (χ2v) is 11.2. The van der Waals surface area contributed by atoms with E-state index in [0.717, 1.165) is 12.8 Å². The summed E-state index contributed by atoms with van der Waals surface area (Å²) in [5.41, 5.74) is -0.552. The van der Waals surface area contributed by atoms with Crippen molar-refractivity contribution in [2.24, 2.45) is 0 Å². The van der Waals surface area contributed by atoms with Crippen molar-refractivity contribution >= 4 is 21.8 Å². The summed E-state index contributed by atoms with van der Waals surface area (Å²) in [6, 6.07) is -0.394. The van der Waals surface area contributed by atoms with Gasteiger partial charge in [-0.3, -0.25) is 4.79 Å². The molecule has 0 aliphatic carbocycles. The SMILES string of the molecule is CCCCOCC(=O)N(C1CCN(C(=O)OC(C)(C)C)CC1)[C@H]1CCS(=O)(=O)C1. The average Bonchev–Trinajstić information content (AvgIpc) is 2.97. The molecule has 0 aromatic carbocycles. The molecule has 2 heterocycles. The molecule has 2 saturated heterocycles. The first-order chi connectivity index (χ1) is 13.5. The zero-order valence-electron chi connectivity index (χ0n) is 18.2. The molecule has 2 fully saturated rings. The number of hydrogen-bond acceptors (Lipinski definition) is 6. The maximum atomic E-state index is 12.9. The molecule has 0 bridgehead atoms. The molecule has 168 valence electrons. The van der Waals surface area contributed by atoms with E-state index in [4.69, 9.17) is 9.47 Å². The lowest BCUT2D eigenvalue weighted by molar-refractivity contribution is -0.141. The smallest absolute Gasteiger partial charge is 0.410 e. The van der Waals surface area contributed by atoms with Crippen molar-refractivity contribution in [1.29, 1.82) is 0 Å². The molecule has 0 aromatic heterocycles. The molecule has 2 aliphatic heterocycles. The molecule has 2 amide bonds. The van der Waals surface area contributed by atoms with E-state index >= 15 is 0 Å². The van der Waals surface area contributed by atoms with Crippen molar-refractivity contribution < 1.29 is 27.5 Å². The first kappa shape index (κ1) is 23.9. The molecule has 9 heteroatoms. The van der Waals surface area contributed by atoms with Gasteiger partial charge in [0.2, 0.25) is 5.91 Å². The molecular weight excluding hydrogens is 396 g/mol. The van der Waals surface area contributed by atoms with Crippen LogP contribution in [0.2, 0.25) is 0 Å².